The number of hydrogen-bond acceptors (Lipinski definition) is 6. The number of anilines is 1. The molecule has 1 aliphatic carbocycles. The highest BCUT2D eigenvalue weighted by molar-refractivity contribution is 5.89. The maximum atomic E-state index is 12.5. The van der Waals surface area contributed by atoms with Crippen LogP contribution in [0.5, 0.6) is 0 Å². The van der Waals surface area contributed by atoms with Gasteiger partial charge in [-0.1, -0.05) is 31.4 Å². The number of benzene rings is 1. The van der Waals surface area contributed by atoms with Crippen molar-refractivity contribution in [3.63, 3.8) is 0 Å². The molecule has 0 bridgehead atoms. The van der Waals surface area contributed by atoms with Crippen LogP contribution >= 0.6 is 0 Å². The Balaban J connectivity index is 1.44. The number of aryl methyl sites for hydroxylation is 1. The lowest BCUT2D eigenvalue weighted by Crippen LogP contribution is -2.24. The summed E-state index contributed by atoms with van der Waals surface area (Å²) in [5.41, 5.74) is 2.08. The molecule has 1 fully saturated rings. The van der Waals surface area contributed by atoms with Crippen LogP contribution in [-0.4, -0.2) is 35.9 Å². The second kappa shape index (κ2) is 8.22. The number of tetrazole rings is 1. The molecule has 1 aliphatic rings. The highest BCUT2D eigenvalue weighted by Gasteiger charge is 2.20. The van der Waals surface area contributed by atoms with Crippen LogP contribution in [-0.2, 0) is 11.3 Å². The van der Waals surface area contributed by atoms with Crippen molar-refractivity contribution in [2.24, 2.45) is 0 Å². The maximum absolute atomic E-state index is 12.5. The fourth-order valence-corrected chi connectivity index (χ4v) is 3.68. The van der Waals surface area contributed by atoms with Crippen molar-refractivity contribution in [1.29, 1.82) is 5.26 Å². The Morgan fingerprint density at radius 1 is 1.24 bits per heavy atom. The molecule has 2 aromatic heterocycles. The van der Waals surface area contributed by atoms with Crippen LogP contribution in [0.2, 0.25) is 0 Å². The van der Waals surface area contributed by atoms with Gasteiger partial charge in [-0.25, -0.2) is 4.68 Å². The Morgan fingerprint density at radius 3 is 2.86 bits per heavy atom. The van der Waals surface area contributed by atoms with Gasteiger partial charge in [0.25, 0.3) is 0 Å². The summed E-state index contributed by atoms with van der Waals surface area (Å²) < 4.78 is 1.94. The zero-order chi connectivity index (χ0) is 20.2. The molecule has 0 atom stereocenters. The number of aromatic nitrogens is 6. The van der Waals surface area contributed by atoms with E-state index in [-0.39, 0.29) is 12.5 Å². The van der Waals surface area contributed by atoms with Gasteiger partial charge in [0.2, 0.25) is 11.7 Å². The Morgan fingerprint density at radius 2 is 2.07 bits per heavy atom. The van der Waals surface area contributed by atoms with E-state index in [1.165, 1.54) is 24.1 Å². The first-order valence-corrected chi connectivity index (χ1v) is 9.77. The van der Waals surface area contributed by atoms with Crippen LogP contribution in [0.25, 0.3) is 11.4 Å². The van der Waals surface area contributed by atoms with Gasteiger partial charge in [-0.15, -0.1) is 10.2 Å². The van der Waals surface area contributed by atoms with Gasteiger partial charge in [0.15, 0.2) is 0 Å². The number of nitriles is 1. The minimum Gasteiger partial charge on any atom is -0.309 e. The summed E-state index contributed by atoms with van der Waals surface area (Å²) in [6.45, 7) is 1.87. The molecule has 1 amide bonds. The fraction of sp³-hybridized carbons (Fsp3) is 0.400. The number of nitrogens with one attached hydrogen (secondary N) is 1. The van der Waals surface area contributed by atoms with Crippen molar-refractivity contribution in [2.45, 2.75) is 51.6 Å². The third-order valence-corrected chi connectivity index (χ3v) is 5.03. The Hall–Kier alpha value is -3.54. The van der Waals surface area contributed by atoms with Crippen LogP contribution in [0.1, 0.15) is 49.4 Å². The molecule has 1 saturated carbocycles. The molecule has 0 aliphatic heterocycles. The smallest absolute Gasteiger partial charge is 0.249 e. The first-order chi connectivity index (χ1) is 14.1. The molecule has 1 N–H and O–H groups in total. The van der Waals surface area contributed by atoms with Gasteiger partial charge in [-0.3, -0.25) is 4.79 Å². The average molecular weight is 390 g/mol. The van der Waals surface area contributed by atoms with Crippen molar-refractivity contribution in [3.05, 3.63) is 41.6 Å². The van der Waals surface area contributed by atoms with Gasteiger partial charge in [-0.2, -0.15) is 15.2 Å². The topological polar surface area (TPSA) is 114 Å². The van der Waals surface area contributed by atoms with Crippen LogP contribution in [0.15, 0.2) is 30.3 Å². The third-order valence-electron chi connectivity index (χ3n) is 5.03. The quantitative estimate of drug-likeness (QED) is 0.716. The first kappa shape index (κ1) is 18.8. The maximum Gasteiger partial charge on any atom is 0.249 e. The summed E-state index contributed by atoms with van der Waals surface area (Å²) in [4.78, 5) is 13.8. The molecule has 3 aromatic rings. The second-order valence-electron chi connectivity index (χ2n) is 7.29. The normalized spacial score (nSPS) is 14.5. The molecular weight excluding hydrogens is 368 g/mol. The van der Waals surface area contributed by atoms with Gasteiger partial charge in [0, 0.05) is 11.6 Å². The Bertz CT molecular complexity index is 1050. The van der Waals surface area contributed by atoms with E-state index in [2.05, 4.69) is 31.9 Å². The molecule has 148 valence electrons. The minimum absolute atomic E-state index is 0.0557. The summed E-state index contributed by atoms with van der Waals surface area (Å²) in [7, 11) is 0. The summed E-state index contributed by atoms with van der Waals surface area (Å²) in [5, 5.41) is 28.7. The van der Waals surface area contributed by atoms with Crippen molar-refractivity contribution >= 4 is 11.7 Å². The number of amides is 1. The lowest BCUT2D eigenvalue weighted by molar-refractivity contribution is -0.117. The second-order valence-corrected chi connectivity index (χ2v) is 7.29. The largest absolute Gasteiger partial charge is 0.309 e. The predicted molar refractivity (Wildman–Crippen MR) is 106 cm³/mol. The van der Waals surface area contributed by atoms with Gasteiger partial charge in [0.05, 0.1) is 23.4 Å². The molecule has 2 heterocycles. The lowest BCUT2D eigenvalue weighted by atomic mass is 9.96. The molecule has 0 spiro atoms. The average Bonchev–Trinajstić information content (AvgIpc) is 3.35. The number of nitrogens with zero attached hydrogens (tertiary/aromatic N) is 7. The highest BCUT2D eigenvalue weighted by Crippen LogP contribution is 2.30. The summed E-state index contributed by atoms with van der Waals surface area (Å²) in [6, 6.07) is 11.3. The standard InChI is InChI=1S/C20H22N8O/c1-14-10-18(28(24-14)17-8-3-2-4-9-17)22-19(29)13-27-25-20(23-26-27)16-7-5-6-15(11-16)12-21/h5-7,10-11,17H,2-4,8-9,13H2,1H3,(H,22,29). The van der Waals surface area contributed by atoms with Gasteiger partial charge < -0.3 is 5.32 Å². The number of hydrogen-bond donors (Lipinski definition) is 1. The van der Waals surface area contributed by atoms with Crippen LogP contribution in [0.4, 0.5) is 5.82 Å². The zero-order valence-corrected chi connectivity index (χ0v) is 16.2. The van der Waals surface area contributed by atoms with E-state index in [9.17, 15) is 4.79 Å². The van der Waals surface area contributed by atoms with E-state index in [1.807, 2.05) is 17.7 Å². The van der Waals surface area contributed by atoms with Crippen molar-refractivity contribution in [3.8, 4) is 17.5 Å². The van der Waals surface area contributed by atoms with E-state index in [0.29, 0.717) is 28.8 Å². The summed E-state index contributed by atoms with van der Waals surface area (Å²) >= 11 is 0. The highest BCUT2D eigenvalue weighted by atomic mass is 16.2. The monoisotopic (exact) mass is 390 g/mol. The predicted octanol–water partition coefficient (Wildman–Crippen LogP) is 2.86. The fourth-order valence-electron chi connectivity index (χ4n) is 3.68. The number of carbonyl (C=O) groups excluding carboxylic acids is 1. The SMILES string of the molecule is Cc1cc(NC(=O)Cn2nnc(-c3cccc(C#N)c3)n2)n(C2CCCCC2)n1. The molecular formula is C20H22N8O. The molecule has 0 radical (unpaired) electrons. The van der Waals surface area contributed by atoms with Crippen molar-refractivity contribution in [1.82, 2.24) is 30.0 Å². The molecule has 0 unspecified atom stereocenters. The van der Waals surface area contributed by atoms with Gasteiger partial charge >= 0.3 is 0 Å². The minimum atomic E-state index is -0.239. The van der Waals surface area contributed by atoms with Crippen LogP contribution in [0, 0.1) is 18.3 Å². The Kier molecular flexibility index (Phi) is 5.33. The van der Waals surface area contributed by atoms with E-state index in [4.69, 9.17) is 5.26 Å². The molecule has 9 nitrogen and oxygen atoms in total. The number of carbonyl (C=O) groups is 1. The van der Waals surface area contributed by atoms with Crippen LogP contribution in [0.3, 0.4) is 0 Å². The summed E-state index contributed by atoms with van der Waals surface area (Å²) in [6.07, 6.45) is 5.81. The Labute approximate surface area is 168 Å². The first-order valence-electron chi connectivity index (χ1n) is 9.77. The van der Waals surface area contributed by atoms with Gasteiger partial charge in [-0.05, 0) is 37.1 Å². The third kappa shape index (κ3) is 4.32. The van der Waals surface area contributed by atoms with E-state index in [0.717, 1.165) is 18.5 Å². The molecule has 29 heavy (non-hydrogen) atoms. The van der Waals surface area contributed by atoms with E-state index in [1.54, 1.807) is 24.3 Å². The summed E-state index contributed by atoms with van der Waals surface area (Å²) in [5.74, 6) is 0.844. The molecule has 1 aromatic carbocycles. The van der Waals surface area contributed by atoms with Crippen molar-refractivity contribution in [2.75, 3.05) is 5.32 Å². The van der Waals surface area contributed by atoms with Crippen LogP contribution < -0.4 is 5.32 Å². The lowest BCUT2D eigenvalue weighted by Gasteiger charge is -2.23. The molecule has 0 saturated heterocycles. The van der Waals surface area contributed by atoms with E-state index >= 15 is 0 Å². The number of rotatable bonds is 5. The zero-order valence-electron chi connectivity index (χ0n) is 16.2. The molecule has 9 heteroatoms. The van der Waals surface area contributed by atoms with Crippen molar-refractivity contribution < 1.29 is 4.79 Å². The van der Waals surface area contributed by atoms with Gasteiger partial charge in [0.1, 0.15) is 12.4 Å². The van der Waals surface area contributed by atoms with E-state index < -0.39 is 0 Å². The molecule has 4 rings (SSSR count).